The van der Waals surface area contributed by atoms with Crippen molar-refractivity contribution in [2.45, 2.75) is 12.0 Å². The Hall–Kier alpha value is -2.54. The number of carbonyl (C=O) groups is 1. The van der Waals surface area contributed by atoms with Crippen molar-refractivity contribution in [2.24, 2.45) is 10.7 Å². The summed E-state index contributed by atoms with van der Waals surface area (Å²) in [6, 6.07) is 17.1. The number of benzene rings is 2. The average molecular weight is 472 g/mol. The lowest BCUT2D eigenvalue weighted by Crippen LogP contribution is -2.27. The van der Waals surface area contributed by atoms with Gasteiger partial charge in [-0.3, -0.25) is 4.79 Å². The van der Waals surface area contributed by atoms with Crippen LogP contribution in [0.2, 0.25) is 10.0 Å². The van der Waals surface area contributed by atoms with E-state index in [1.54, 1.807) is 7.11 Å². The number of aliphatic imine (C=N–C) groups is 1. The van der Waals surface area contributed by atoms with E-state index in [-0.39, 0.29) is 22.9 Å². The number of halogens is 2. The Balaban J connectivity index is 1.73. The predicted octanol–water partition coefficient (Wildman–Crippen LogP) is 5.13. The molecule has 8 heteroatoms. The van der Waals surface area contributed by atoms with Crippen LogP contribution in [-0.4, -0.2) is 28.8 Å². The Morgan fingerprint density at radius 1 is 1.19 bits per heavy atom. The smallest absolute Gasteiger partial charge is 0.187 e. The highest BCUT2D eigenvalue weighted by Crippen LogP contribution is 2.45. The molecule has 31 heavy (non-hydrogen) atoms. The summed E-state index contributed by atoms with van der Waals surface area (Å²) in [5.74, 6) is 1.19. The third-order valence-electron chi connectivity index (χ3n) is 5.12. The minimum Gasteiger partial charge on any atom is -0.496 e. The van der Waals surface area contributed by atoms with E-state index in [1.807, 2.05) is 48.5 Å². The van der Waals surface area contributed by atoms with Gasteiger partial charge in [-0.1, -0.05) is 77.4 Å². The van der Waals surface area contributed by atoms with Crippen molar-refractivity contribution in [1.29, 1.82) is 0 Å². The number of ketones is 1. The maximum Gasteiger partial charge on any atom is 0.187 e. The second-order valence-electron chi connectivity index (χ2n) is 7.08. The second kappa shape index (κ2) is 8.91. The molecule has 2 aromatic carbocycles. The zero-order valence-corrected chi connectivity index (χ0v) is 19.0. The summed E-state index contributed by atoms with van der Waals surface area (Å²) in [4.78, 5) is 21.7. The molecule has 4 rings (SSSR count). The van der Waals surface area contributed by atoms with Crippen LogP contribution in [0.1, 0.15) is 27.2 Å². The van der Waals surface area contributed by atoms with Gasteiger partial charge in [-0.2, -0.15) is 0 Å². The largest absolute Gasteiger partial charge is 0.496 e. The van der Waals surface area contributed by atoms with E-state index in [2.05, 4.69) is 4.98 Å². The molecule has 0 fully saturated rings. The summed E-state index contributed by atoms with van der Waals surface area (Å²) in [7, 11) is 1.64. The maximum atomic E-state index is 12.8. The van der Waals surface area contributed by atoms with Crippen LogP contribution >= 0.6 is 35.0 Å². The lowest BCUT2D eigenvalue weighted by atomic mass is 9.83. The number of pyridine rings is 1. The SMILES string of the molecule is COc1ccccc1C1(c2cccc(CC(=O)c3ncc(Cl)cc3Cl)c2)CSC(N)=N1. The number of hydrogen-bond acceptors (Lipinski definition) is 6. The van der Waals surface area contributed by atoms with Crippen molar-refractivity contribution in [3.63, 3.8) is 0 Å². The summed E-state index contributed by atoms with van der Waals surface area (Å²) in [5, 5.41) is 1.14. The molecule has 0 aliphatic carbocycles. The van der Waals surface area contributed by atoms with E-state index in [4.69, 9.17) is 38.7 Å². The number of Topliss-reactive ketones (excluding diaryl/α,β-unsaturated/α-hetero) is 1. The lowest BCUT2D eigenvalue weighted by Gasteiger charge is -2.28. The van der Waals surface area contributed by atoms with Gasteiger partial charge in [0.2, 0.25) is 0 Å². The molecule has 0 saturated heterocycles. The van der Waals surface area contributed by atoms with Crippen LogP contribution in [0.3, 0.4) is 0 Å². The zero-order valence-electron chi connectivity index (χ0n) is 16.6. The molecule has 0 spiro atoms. The molecule has 1 aliphatic rings. The molecular weight excluding hydrogens is 453 g/mol. The Labute approximate surface area is 194 Å². The van der Waals surface area contributed by atoms with Crippen LogP contribution in [0.25, 0.3) is 0 Å². The molecule has 1 aliphatic heterocycles. The molecule has 2 heterocycles. The van der Waals surface area contributed by atoms with Crippen LogP contribution in [0.4, 0.5) is 0 Å². The highest BCUT2D eigenvalue weighted by atomic mass is 35.5. The van der Waals surface area contributed by atoms with Crippen LogP contribution in [0.15, 0.2) is 65.8 Å². The van der Waals surface area contributed by atoms with Crippen molar-refractivity contribution in [3.8, 4) is 5.75 Å². The third-order valence-corrected chi connectivity index (χ3v) is 6.57. The molecule has 1 aromatic heterocycles. The molecule has 0 bridgehead atoms. The molecule has 3 aromatic rings. The first-order chi connectivity index (χ1) is 14.9. The van der Waals surface area contributed by atoms with E-state index in [0.717, 1.165) is 22.4 Å². The highest BCUT2D eigenvalue weighted by molar-refractivity contribution is 8.14. The molecule has 158 valence electrons. The second-order valence-corrected chi connectivity index (χ2v) is 8.92. The Bertz CT molecular complexity index is 1180. The van der Waals surface area contributed by atoms with Gasteiger partial charge in [-0.25, -0.2) is 9.98 Å². The minimum absolute atomic E-state index is 0.149. The van der Waals surface area contributed by atoms with Crippen molar-refractivity contribution in [3.05, 3.63) is 93.2 Å². The fourth-order valence-electron chi connectivity index (χ4n) is 3.69. The van der Waals surface area contributed by atoms with E-state index in [9.17, 15) is 4.79 Å². The number of amidine groups is 1. The molecule has 5 nitrogen and oxygen atoms in total. The highest BCUT2D eigenvalue weighted by Gasteiger charge is 2.41. The van der Waals surface area contributed by atoms with Gasteiger partial charge in [-0.15, -0.1) is 0 Å². The molecular formula is C23H19Cl2N3O2S. The number of ether oxygens (including phenoxy) is 1. The number of thioether (sulfide) groups is 1. The summed E-state index contributed by atoms with van der Waals surface area (Å²) in [6.45, 7) is 0. The molecule has 0 amide bonds. The lowest BCUT2D eigenvalue weighted by molar-refractivity contribution is 0.0988. The Morgan fingerprint density at radius 2 is 2.00 bits per heavy atom. The van der Waals surface area contributed by atoms with Gasteiger partial charge >= 0.3 is 0 Å². The molecule has 1 unspecified atom stereocenters. The molecule has 1 atom stereocenters. The van der Waals surface area contributed by atoms with Crippen molar-refractivity contribution >= 4 is 45.9 Å². The number of rotatable bonds is 6. The molecule has 2 N–H and O–H groups in total. The van der Waals surface area contributed by atoms with Crippen molar-refractivity contribution in [1.82, 2.24) is 4.98 Å². The van der Waals surface area contributed by atoms with Gasteiger partial charge in [0.25, 0.3) is 0 Å². The number of nitrogens with zero attached hydrogens (tertiary/aromatic N) is 2. The quantitative estimate of drug-likeness (QED) is 0.504. The number of nitrogens with two attached hydrogens (primary N) is 1. The summed E-state index contributed by atoms with van der Waals surface area (Å²) >= 11 is 13.6. The standard InChI is InChI=1S/C23H19Cl2N3O2S/c1-30-20-8-3-2-7-17(20)23(13-31-22(26)28-23)15-6-4-5-14(9-15)10-19(29)21-18(25)11-16(24)12-27-21/h2-9,11-12H,10,13H2,1H3,(H2,26,28). The van der Waals surface area contributed by atoms with Gasteiger partial charge in [0.1, 0.15) is 17.0 Å². The van der Waals surface area contributed by atoms with Crippen LogP contribution in [-0.2, 0) is 12.0 Å². The Kier molecular flexibility index (Phi) is 6.23. The number of aromatic nitrogens is 1. The van der Waals surface area contributed by atoms with Gasteiger partial charge < -0.3 is 10.5 Å². The summed E-state index contributed by atoms with van der Waals surface area (Å²) in [6.07, 6.45) is 1.57. The minimum atomic E-state index is -0.698. The van der Waals surface area contributed by atoms with Gasteiger partial charge in [-0.05, 0) is 23.3 Å². The summed E-state index contributed by atoms with van der Waals surface area (Å²) < 4.78 is 5.61. The fraction of sp³-hybridized carbons (Fsp3) is 0.174. The van der Waals surface area contributed by atoms with Crippen molar-refractivity contribution in [2.75, 3.05) is 12.9 Å². The first-order valence-corrected chi connectivity index (χ1v) is 11.2. The number of carbonyl (C=O) groups excluding carboxylic acids is 1. The van der Waals surface area contributed by atoms with E-state index >= 15 is 0 Å². The van der Waals surface area contributed by atoms with Crippen LogP contribution < -0.4 is 10.5 Å². The van der Waals surface area contributed by atoms with Gasteiger partial charge in [0, 0.05) is 23.9 Å². The van der Waals surface area contributed by atoms with E-state index in [1.165, 1.54) is 24.0 Å². The normalized spacial score (nSPS) is 18.0. The molecule has 0 radical (unpaired) electrons. The van der Waals surface area contributed by atoms with Crippen LogP contribution in [0.5, 0.6) is 5.75 Å². The zero-order chi connectivity index (χ0) is 22.0. The van der Waals surface area contributed by atoms with E-state index in [0.29, 0.717) is 15.9 Å². The first kappa shape index (κ1) is 21.7. The maximum absolute atomic E-state index is 12.8. The number of hydrogen-bond donors (Lipinski definition) is 1. The van der Waals surface area contributed by atoms with E-state index < -0.39 is 5.54 Å². The fourth-order valence-corrected chi connectivity index (χ4v) is 5.14. The average Bonchev–Trinajstić information content (AvgIpc) is 3.16. The first-order valence-electron chi connectivity index (χ1n) is 9.48. The van der Waals surface area contributed by atoms with Gasteiger partial charge in [0.15, 0.2) is 11.0 Å². The number of methoxy groups -OCH3 is 1. The molecule has 0 saturated carbocycles. The van der Waals surface area contributed by atoms with Crippen LogP contribution in [0, 0.1) is 0 Å². The number of para-hydroxylation sites is 1. The Morgan fingerprint density at radius 3 is 2.71 bits per heavy atom. The predicted molar refractivity (Wildman–Crippen MR) is 127 cm³/mol. The van der Waals surface area contributed by atoms with Crippen molar-refractivity contribution < 1.29 is 9.53 Å². The van der Waals surface area contributed by atoms with Gasteiger partial charge in [0.05, 0.1) is 17.2 Å². The summed E-state index contributed by atoms with van der Waals surface area (Å²) in [5.41, 5.74) is 8.28. The topological polar surface area (TPSA) is 77.6 Å². The third kappa shape index (κ3) is 4.28. The monoisotopic (exact) mass is 471 g/mol.